The molecule has 6 heteroatoms. The lowest BCUT2D eigenvalue weighted by Crippen LogP contribution is -2.20. The normalized spacial score (nSPS) is 10.5. The topological polar surface area (TPSA) is 68.3 Å². The average molecular weight is 340 g/mol. The quantitative estimate of drug-likeness (QED) is 0.720. The molecule has 0 atom stereocenters. The van der Waals surface area contributed by atoms with Crippen molar-refractivity contribution in [3.8, 4) is 0 Å². The van der Waals surface area contributed by atoms with Gasteiger partial charge in [-0.15, -0.1) is 0 Å². The van der Waals surface area contributed by atoms with Crippen molar-refractivity contribution in [2.45, 2.75) is 13.3 Å². The van der Waals surface area contributed by atoms with Gasteiger partial charge in [-0.2, -0.15) is 0 Å². The van der Waals surface area contributed by atoms with Crippen LogP contribution in [0.5, 0.6) is 0 Å². The Morgan fingerprint density at radius 3 is 2.58 bits per heavy atom. The minimum atomic E-state index is -0.517. The molecule has 2 aromatic carbocycles. The fourth-order valence-corrected chi connectivity index (χ4v) is 3.05. The number of hydrogen-bond acceptors (Lipinski definition) is 5. The Morgan fingerprint density at radius 1 is 1.12 bits per heavy atom. The Balaban J connectivity index is 1.55. The predicted molar refractivity (Wildman–Crippen MR) is 94.4 cm³/mol. The molecule has 0 bridgehead atoms. The van der Waals surface area contributed by atoms with E-state index in [0.717, 1.165) is 22.2 Å². The largest absolute Gasteiger partial charge is 0.452 e. The van der Waals surface area contributed by atoms with Gasteiger partial charge in [-0.25, -0.2) is 9.78 Å². The number of para-hydroxylation sites is 1. The van der Waals surface area contributed by atoms with Gasteiger partial charge in [0, 0.05) is 0 Å². The standard InChI is InChI=1S/C18H16N2O3S/c1-2-12-7-9-13(10-8-12)17(22)23-11-16(21)20-18-19-14-5-3-4-6-15(14)24-18/h3-10H,2,11H2,1H3,(H,19,20,21). The van der Waals surface area contributed by atoms with Gasteiger partial charge in [0.1, 0.15) is 0 Å². The van der Waals surface area contributed by atoms with Gasteiger partial charge in [0.05, 0.1) is 15.8 Å². The summed E-state index contributed by atoms with van der Waals surface area (Å²) < 4.78 is 6.02. The number of aromatic nitrogens is 1. The third kappa shape index (κ3) is 3.78. The first kappa shape index (κ1) is 16.1. The van der Waals surface area contributed by atoms with Crippen molar-refractivity contribution in [3.63, 3.8) is 0 Å². The first-order valence-corrected chi connectivity index (χ1v) is 8.39. The molecule has 3 rings (SSSR count). The SMILES string of the molecule is CCc1ccc(C(=O)OCC(=O)Nc2nc3ccccc3s2)cc1. The molecule has 0 fully saturated rings. The van der Waals surface area contributed by atoms with Gasteiger partial charge in [-0.05, 0) is 36.2 Å². The summed E-state index contributed by atoms with van der Waals surface area (Å²) in [6.07, 6.45) is 0.903. The van der Waals surface area contributed by atoms with Crippen LogP contribution in [0.3, 0.4) is 0 Å². The van der Waals surface area contributed by atoms with E-state index in [2.05, 4.69) is 10.3 Å². The molecule has 0 spiro atoms. The third-order valence-corrected chi connectivity index (χ3v) is 4.42. The van der Waals surface area contributed by atoms with E-state index in [9.17, 15) is 9.59 Å². The van der Waals surface area contributed by atoms with Crippen molar-refractivity contribution >= 4 is 38.6 Å². The Morgan fingerprint density at radius 2 is 1.88 bits per heavy atom. The van der Waals surface area contributed by atoms with Crippen molar-refractivity contribution < 1.29 is 14.3 Å². The molecule has 0 aliphatic heterocycles. The van der Waals surface area contributed by atoms with Crippen LogP contribution in [0.25, 0.3) is 10.2 Å². The second-order valence-corrected chi connectivity index (χ2v) is 6.19. The maximum absolute atomic E-state index is 11.9. The number of fused-ring (bicyclic) bond motifs is 1. The molecular weight excluding hydrogens is 324 g/mol. The zero-order valence-corrected chi connectivity index (χ0v) is 13.9. The first-order chi connectivity index (χ1) is 11.7. The van der Waals surface area contributed by atoms with Crippen LogP contribution < -0.4 is 5.32 Å². The molecule has 1 heterocycles. The van der Waals surface area contributed by atoms with Crippen LogP contribution in [0.1, 0.15) is 22.8 Å². The summed E-state index contributed by atoms with van der Waals surface area (Å²) in [6, 6.07) is 14.8. The summed E-state index contributed by atoms with van der Waals surface area (Å²) in [6.45, 7) is 1.70. The molecule has 0 saturated carbocycles. The summed E-state index contributed by atoms with van der Waals surface area (Å²) in [5.74, 6) is -0.926. The molecule has 122 valence electrons. The number of benzene rings is 2. The van der Waals surface area contributed by atoms with Gasteiger partial charge in [0.2, 0.25) is 0 Å². The molecule has 0 aliphatic rings. The molecule has 0 aliphatic carbocycles. The lowest BCUT2D eigenvalue weighted by atomic mass is 10.1. The maximum Gasteiger partial charge on any atom is 0.338 e. The highest BCUT2D eigenvalue weighted by atomic mass is 32.1. The van der Waals surface area contributed by atoms with Crippen LogP contribution in [0.2, 0.25) is 0 Å². The maximum atomic E-state index is 11.9. The summed E-state index contributed by atoms with van der Waals surface area (Å²) in [5, 5.41) is 3.14. The van der Waals surface area contributed by atoms with E-state index in [4.69, 9.17) is 4.74 Å². The van der Waals surface area contributed by atoms with Gasteiger partial charge in [-0.3, -0.25) is 10.1 Å². The number of aryl methyl sites for hydroxylation is 1. The number of thiazole rings is 1. The molecule has 0 unspecified atom stereocenters. The van der Waals surface area contributed by atoms with Gasteiger partial charge in [0.15, 0.2) is 11.7 Å². The summed E-state index contributed by atoms with van der Waals surface area (Å²) >= 11 is 1.38. The van der Waals surface area contributed by atoms with E-state index in [-0.39, 0.29) is 6.61 Å². The monoisotopic (exact) mass is 340 g/mol. The van der Waals surface area contributed by atoms with Crippen LogP contribution in [0, 0.1) is 0 Å². The van der Waals surface area contributed by atoms with Crippen LogP contribution in [0.15, 0.2) is 48.5 Å². The lowest BCUT2D eigenvalue weighted by molar-refractivity contribution is -0.119. The van der Waals surface area contributed by atoms with E-state index in [0.29, 0.717) is 10.7 Å². The van der Waals surface area contributed by atoms with Gasteiger partial charge < -0.3 is 4.74 Å². The fourth-order valence-electron chi connectivity index (χ4n) is 2.17. The van der Waals surface area contributed by atoms with E-state index in [1.54, 1.807) is 12.1 Å². The van der Waals surface area contributed by atoms with E-state index >= 15 is 0 Å². The van der Waals surface area contributed by atoms with Gasteiger partial charge in [0.25, 0.3) is 5.91 Å². The number of anilines is 1. The van der Waals surface area contributed by atoms with Gasteiger partial charge >= 0.3 is 5.97 Å². The second kappa shape index (κ2) is 7.23. The van der Waals surface area contributed by atoms with Gasteiger partial charge in [-0.1, -0.05) is 42.5 Å². The number of hydrogen-bond donors (Lipinski definition) is 1. The molecule has 24 heavy (non-hydrogen) atoms. The Labute approximate surface area is 143 Å². The zero-order valence-electron chi connectivity index (χ0n) is 13.1. The van der Waals surface area contributed by atoms with Crippen LogP contribution in [0.4, 0.5) is 5.13 Å². The van der Waals surface area contributed by atoms with Crippen molar-refractivity contribution in [1.82, 2.24) is 4.98 Å². The van der Waals surface area contributed by atoms with Crippen molar-refractivity contribution in [3.05, 3.63) is 59.7 Å². The summed E-state index contributed by atoms with van der Waals surface area (Å²) in [5.41, 5.74) is 2.39. The molecule has 5 nitrogen and oxygen atoms in total. The summed E-state index contributed by atoms with van der Waals surface area (Å²) in [4.78, 5) is 28.1. The average Bonchev–Trinajstić information content (AvgIpc) is 3.02. The minimum Gasteiger partial charge on any atom is -0.452 e. The number of ether oxygens (including phenoxy) is 1. The number of nitrogens with one attached hydrogen (secondary N) is 1. The van der Waals surface area contributed by atoms with Crippen molar-refractivity contribution in [2.75, 3.05) is 11.9 Å². The van der Waals surface area contributed by atoms with Crippen molar-refractivity contribution in [2.24, 2.45) is 0 Å². The van der Waals surface area contributed by atoms with Crippen molar-refractivity contribution in [1.29, 1.82) is 0 Å². The molecule has 0 radical (unpaired) electrons. The molecule has 1 amide bonds. The second-order valence-electron chi connectivity index (χ2n) is 5.16. The Kier molecular flexibility index (Phi) is 4.86. The highest BCUT2D eigenvalue weighted by molar-refractivity contribution is 7.22. The minimum absolute atomic E-state index is 0.343. The highest BCUT2D eigenvalue weighted by Crippen LogP contribution is 2.25. The first-order valence-electron chi connectivity index (χ1n) is 7.57. The number of nitrogens with zero attached hydrogens (tertiary/aromatic N) is 1. The lowest BCUT2D eigenvalue weighted by Gasteiger charge is -2.05. The van der Waals surface area contributed by atoms with Crippen LogP contribution in [-0.2, 0) is 16.0 Å². The number of carbonyl (C=O) groups is 2. The number of esters is 1. The summed E-state index contributed by atoms with van der Waals surface area (Å²) in [7, 11) is 0. The molecule has 1 aromatic heterocycles. The Hall–Kier alpha value is -2.73. The van der Waals surface area contributed by atoms with Crippen LogP contribution in [-0.4, -0.2) is 23.5 Å². The smallest absolute Gasteiger partial charge is 0.338 e. The third-order valence-electron chi connectivity index (χ3n) is 3.47. The molecular formula is C18H16N2O3S. The fraction of sp³-hybridized carbons (Fsp3) is 0.167. The number of amides is 1. The number of rotatable bonds is 5. The van der Waals surface area contributed by atoms with E-state index in [1.807, 2.05) is 43.3 Å². The highest BCUT2D eigenvalue weighted by Gasteiger charge is 2.12. The number of carbonyl (C=O) groups excluding carboxylic acids is 2. The van der Waals surface area contributed by atoms with E-state index < -0.39 is 11.9 Å². The van der Waals surface area contributed by atoms with E-state index in [1.165, 1.54) is 11.3 Å². The zero-order chi connectivity index (χ0) is 16.9. The van der Waals surface area contributed by atoms with Crippen LogP contribution >= 0.6 is 11.3 Å². The predicted octanol–water partition coefficient (Wildman–Crippen LogP) is 3.65. The molecule has 1 N–H and O–H groups in total. The molecule has 0 saturated heterocycles. The Bertz CT molecular complexity index is 838. The molecule has 3 aromatic rings.